The molecule has 4 rings (SSSR count). The van der Waals surface area contributed by atoms with Gasteiger partial charge in [-0.1, -0.05) is 12.1 Å². The molecule has 4 aromatic rings. The van der Waals surface area contributed by atoms with Crippen molar-refractivity contribution in [2.45, 2.75) is 13.5 Å². The van der Waals surface area contributed by atoms with Crippen LogP contribution in [0.2, 0.25) is 0 Å². The number of rotatable bonds is 3. The number of nitrogens with two attached hydrogens (primary N) is 2. The summed E-state index contributed by atoms with van der Waals surface area (Å²) in [5.74, 6) is 0.142. The predicted molar refractivity (Wildman–Crippen MR) is 102 cm³/mol. The lowest BCUT2D eigenvalue weighted by Gasteiger charge is -2.08. The lowest BCUT2D eigenvalue weighted by Crippen LogP contribution is -2.04. The van der Waals surface area contributed by atoms with Crippen LogP contribution in [0.15, 0.2) is 42.9 Å². The van der Waals surface area contributed by atoms with E-state index in [1.54, 1.807) is 24.7 Å². The van der Waals surface area contributed by atoms with E-state index in [1.807, 2.05) is 35.8 Å². The van der Waals surface area contributed by atoms with Crippen LogP contribution in [0, 0.1) is 18.3 Å². The highest BCUT2D eigenvalue weighted by molar-refractivity contribution is 5.88. The molecule has 0 fully saturated rings. The van der Waals surface area contributed by atoms with Gasteiger partial charge in [0.2, 0.25) is 5.95 Å². The summed E-state index contributed by atoms with van der Waals surface area (Å²) in [5.41, 5.74) is 17.5. The van der Waals surface area contributed by atoms with Crippen molar-refractivity contribution in [2.24, 2.45) is 0 Å². The van der Waals surface area contributed by atoms with E-state index in [-0.39, 0.29) is 5.95 Å². The zero-order valence-corrected chi connectivity index (χ0v) is 14.6. The average molecular weight is 356 g/mol. The molecular formula is C19H16N8. The summed E-state index contributed by atoms with van der Waals surface area (Å²) in [5, 5.41) is 9.09. The fourth-order valence-corrected chi connectivity index (χ4v) is 2.95. The second kappa shape index (κ2) is 6.38. The largest absolute Gasteiger partial charge is 0.399 e. The van der Waals surface area contributed by atoms with Crippen LogP contribution < -0.4 is 11.5 Å². The topological polar surface area (TPSA) is 132 Å². The third-order valence-electron chi connectivity index (χ3n) is 4.32. The van der Waals surface area contributed by atoms with Crippen LogP contribution in [0.1, 0.15) is 16.8 Å². The highest BCUT2D eigenvalue weighted by Crippen LogP contribution is 2.26. The van der Waals surface area contributed by atoms with Crippen LogP contribution in [0.5, 0.6) is 0 Å². The monoisotopic (exact) mass is 356 g/mol. The molecule has 3 aromatic heterocycles. The minimum absolute atomic E-state index is 0.142. The van der Waals surface area contributed by atoms with Gasteiger partial charge in [-0.05, 0) is 36.2 Å². The molecule has 0 radical (unpaired) electrons. The van der Waals surface area contributed by atoms with Crippen molar-refractivity contribution in [1.29, 1.82) is 5.26 Å². The first kappa shape index (κ1) is 16.5. The number of imidazole rings is 1. The van der Waals surface area contributed by atoms with Crippen molar-refractivity contribution in [2.75, 3.05) is 11.5 Å². The molecule has 8 heteroatoms. The normalized spacial score (nSPS) is 10.8. The summed E-state index contributed by atoms with van der Waals surface area (Å²) < 4.78 is 1.91. The molecule has 3 heterocycles. The highest BCUT2D eigenvalue weighted by atomic mass is 15.1. The number of pyridine rings is 1. The SMILES string of the molecule is Cc1cc(Cn2cnc3c(-c4ccnc(C#N)c4)nc(N)nc32)ccc1N. The second-order valence-corrected chi connectivity index (χ2v) is 6.21. The summed E-state index contributed by atoms with van der Waals surface area (Å²) in [6, 6.07) is 11.3. The Morgan fingerprint density at radius 1 is 1.11 bits per heavy atom. The molecule has 0 aliphatic carbocycles. The summed E-state index contributed by atoms with van der Waals surface area (Å²) >= 11 is 0. The molecule has 0 bridgehead atoms. The summed E-state index contributed by atoms with van der Waals surface area (Å²) in [6.45, 7) is 2.55. The quantitative estimate of drug-likeness (QED) is 0.538. The number of aryl methyl sites for hydroxylation is 1. The van der Waals surface area contributed by atoms with E-state index in [4.69, 9.17) is 16.7 Å². The number of anilines is 2. The average Bonchev–Trinajstić information content (AvgIpc) is 3.06. The van der Waals surface area contributed by atoms with E-state index in [0.717, 1.165) is 16.8 Å². The Hall–Kier alpha value is -3.99. The fraction of sp³-hybridized carbons (Fsp3) is 0.105. The molecule has 0 saturated carbocycles. The van der Waals surface area contributed by atoms with Gasteiger partial charge in [-0.15, -0.1) is 0 Å². The molecular weight excluding hydrogens is 340 g/mol. The third kappa shape index (κ3) is 3.02. The predicted octanol–water partition coefficient (Wildman–Crippen LogP) is 2.28. The molecule has 1 aromatic carbocycles. The van der Waals surface area contributed by atoms with Crippen LogP contribution >= 0.6 is 0 Å². The Kier molecular flexibility index (Phi) is 3.90. The maximum absolute atomic E-state index is 9.09. The van der Waals surface area contributed by atoms with Gasteiger partial charge in [0.05, 0.1) is 12.9 Å². The molecule has 27 heavy (non-hydrogen) atoms. The van der Waals surface area contributed by atoms with Crippen LogP contribution in [0.25, 0.3) is 22.4 Å². The van der Waals surface area contributed by atoms with E-state index in [1.165, 1.54) is 0 Å². The van der Waals surface area contributed by atoms with Crippen LogP contribution in [0.3, 0.4) is 0 Å². The minimum atomic E-state index is 0.142. The molecule has 0 unspecified atom stereocenters. The molecule has 4 N–H and O–H groups in total. The van der Waals surface area contributed by atoms with Crippen LogP contribution in [0.4, 0.5) is 11.6 Å². The molecule has 0 saturated heterocycles. The lowest BCUT2D eigenvalue weighted by atomic mass is 10.1. The summed E-state index contributed by atoms with van der Waals surface area (Å²) in [4.78, 5) is 17.2. The van der Waals surface area contributed by atoms with Gasteiger partial charge in [-0.2, -0.15) is 10.2 Å². The first-order chi connectivity index (χ1) is 13.0. The molecule has 0 spiro atoms. The van der Waals surface area contributed by atoms with Gasteiger partial charge >= 0.3 is 0 Å². The molecule has 0 atom stereocenters. The maximum atomic E-state index is 9.09. The number of hydrogen-bond acceptors (Lipinski definition) is 7. The van der Waals surface area contributed by atoms with Crippen molar-refractivity contribution in [3.05, 3.63) is 59.7 Å². The fourth-order valence-electron chi connectivity index (χ4n) is 2.95. The van der Waals surface area contributed by atoms with E-state index >= 15 is 0 Å². The number of hydrogen-bond donors (Lipinski definition) is 2. The van der Waals surface area contributed by atoms with E-state index in [9.17, 15) is 0 Å². The Morgan fingerprint density at radius 2 is 1.96 bits per heavy atom. The van der Waals surface area contributed by atoms with Crippen molar-refractivity contribution in [3.63, 3.8) is 0 Å². The van der Waals surface area contributed by atoms with Crippen molar-refractivity contribution in [1.82, 2.24) is 24.5 Å². The first-order valence-electron chi connectivity index (χ1n) is 8.25. The third-order valence-corrected chi connectivity index (χ3v) is 4.32. The summed E-state index contributed by atoms with van der Waals surface area (Å²) in [7, 11) is 0. The number of nitrogens with zero attached hydrogens (tertiary/aromatic N) is 6. The van der Waals surface area contributed by atoms with E-state index < -0.39 is 0 Å². The zero-order valence-electron chi connectivity index (χ0n) is 14.6. The summed E-state index contributed by atoms with van der Waals surface area (Å²) in [6.07, 6.45) is 3.27. The Balaban J connectivity index is 1.82. The van der Waals surface area contributed by atoms with Gasteiger partial charge in [0.25, 0.3) is 0 Å². The molecule has 0 aliphatic heterocycles. The Labute approximate surface area is 155 Å². The lowest BCUT2D eigenvalue weighted by molar-refractivity contribution is 0.813. The van der Waals surface area contributed by atoms with Crippen molar-refractivity contribution in [3.8, 4) is 17.3 Å². The number of fused-ring (bicyclic) bond motifs is 1. The van der Waals surface area contributed by atoms with Crippen LogP contribution in [-0.2, 0) is 6.54 Å². The molecule has 8 nitrogen and oxygen atoms in total. The number of nitrogen functional groups attached to an aromatic ring is 2. The molecule has 0 amide bonds. The zero-order chi connectivity index (χ0) is 19.0. The van der Waals surface area contributed by atoms with Gasteiger partial charge < -0.3 is 16.0 Å². The standard InChI is InChI=1S/C19H16N8/c1-11-6-12(2-3-15(11)21)9-27-10-24-17-16(25-19(22)26-18(17)27)13-4-5-23-14(7-13)8-20/h2-7,10H,9,21H2,1H3,(H2,22,25,26). The number of benzene rings is 1. The molecule has 0 aliphatic rings. The Bertz CT molecular complexity index is 1200. The first-order valence-corrected chi connectivity index (χ1v) is 8.25. The number of aromatic nitrogens is 5. The van der Waals surface area contributed by atoms with Crippen molar-refractivity contribution < 1.29 is 0 Å². The van der Waals surface area contributed by atoms with Gasteiger partial charge in [-0.3, -0.25) is 0 Å². The van der Waals surface area contributed by atoms with Gasteiger partial charge in [0.15, 0.2) is 5.65 Å². The van der Waals surface area contributed by atoms with Gasteiger partial charge in [0.1, 0.15) is 23.0 Å². The van der Waals surface area contributed by atoms with Gasteiger partial charge in [0, 0.05) is 17.4 Å². The number of nitriles is 1. The van der Waals surface area contributed by atoms with E-state index in [0.29, 0.717) is 34.7 Å². The van der Waals surface area contributed by atoms with Crippen molar-refractivity contribution >= 4 is 22.8 Å². The Morgan fingerprint density at radius 3 is 2.74 bits per heavy atom. The second-order valence-electron chi connectivity index (χ2n) is 6.21. The maximum Gasteiger partial charge on any atom is 0.222 e. The minimum Gasteiger partial charge on any atom is -0.399 e. The smallest absolute Gasteiger partial charge is 0.222 e. The highest BCUT2D eigenvalue weighted by Gasteiger charge is 2.15. The molecule has 132 valence electrons. The van der Waals surface area contributed by atoms with Crippen LogP contribution in [-0.4, -0.2) is 24.5 Å². The van der Waals surface area contributed by atoms with E-state index in [2.05, 4.69) is 19.9 Å². The van der Waals surface area contributed by atoms with Gasteiger partial charge in [-0.25, -0.2) is 15.0 Å².